The summed E-state index contributed by atoms with van der Waals surface area (Å²) in [4.78, 5) is 10.5. The van der Waals surface area contributed by atoms with E-state index >= 15 is 0 Å². The van der Waals surface area contributed by atoms with Gasteiger partial charge in [-0.3, -0.25) is 4.79 Å². The zero-order chi connectivity index (χ0) is 10.7. The summed E-state index contributed by atoms with van der Waals surface area (Å²) in [6.45, 7) is 0. The number of carbonyl (C=O) groups is 1. The third-order valence-electron chi connectivity index (χ3n) is 1.62. The number of nitriles is 1. The molecule has 0 aromatic heterocycles. The molecule has 0 aliphatic rings. The van der Waals surface area contributed by atoms with Gasteiger partial charge in [0.05, 0.1) is 17.0 Å². The lowest BCUT2D eigenvalue weighted by Crippen LogP contribution is -2.01. The number of rotatable bonds is 2. The number of benzene rings is 1. The molecule has 0 fully saturated rings. The highest BCUT2D eigenvalue weighted by Gasteiger charge is 2.11. The third-order valence-corrected chi connectivity index (χ3v) is 3.15. The second-order valence-electron chi connectivity index (χ2n) is 2.58. The summed E-state index contributed by atoms with van der Waals surface area (Å²) < 4.78 is 0.473. The summed E-state index contributed by atoms with van der Waals surface area (Å²) in [7, 11) is 0. The SMILES string of the molecule is N#Cc1ccc(CC(=O)O)c(Br)c1Cl. The topological polar surface area (TPSA) is 61.1 Å². The quantitative estimate of drug-likeness (QED) is 0.901. The van der Waals surface area contributed by atoms with Gasteiger partial charge < -0.3 is 5.11 Å². The van der Waals surface area contributed by atoms with Gasteiger partial charge in [-0.2, -0.15) is 5.26 Å². The van der Waals surface area contributed by atoms with Crippen molar-refractivity contribution in [2.75, 3.05) is 0 Å². The van der Waals surface area contributed by atoms with Crippen LogP contribution >= 0.6 is 27.5 Å². The monoisotopic (exact) mass is 273 g/mol. The summed E-state index contributed by atoms with van der Waals surface area (Å²) in [5, 5.41) is 17.5. The van der Waals surface area contributed by atoms with Crippen LogP contribution < -0.4 is 0 Å². The lowest BCUT2D eigenvalue weighted by molar-refractivity contribution is -0.136. The van der Waals surface area contributed by atoms with E-state index in [4.69, 9.17) is 22.0 Å². The molecule has 0 aliphatic heterocycles. The number of nitrogens with zero attached hydrogens (tertiary/aromatic N) is 1. The average Bonchev–Trinajstić information content (AvgIpc) is 2.13. The second-order valence-corrected chi connectivity index (χ2v) is 3.75. The van der Waals surface area contributed by atoms with Crippen LogP contribution in [0.1, 0.15) is 11.1 Å². The first-order chi connectivity index (χ1) is 6.56. The smallest absolute Gasteiger partial charge is 0.307 e. The molecule has 1 N–H and O–H groups in total. The Labute approximate surface area is 94.0 Å². The van der Waals surface area contributed by atoms with E-state index in [9.17, 15) is 4.79 Å². The Morgan fingerprint density at radius 2 is 2.29 bits per heavy atom. The van der Waals surface area contributed by atoms with E-state index in [1.807, 2.05) is 6.07 Å². The van der Waals surface area contributed by atoms with Gasteiger partial charge in [0.15, 0.2) is 0 Å². The fourth-order valence-corrected chi connectivity index (χ4v) is 1.69. The van der Waals surface area contributed by atoms with Crippen molar-refractivity contribution in [2.24, 2.45) is 0 Å². The summed E-state index contributed by atoms with van der Waals surface area (Å²) >= 11 is 8.97. The third kappa shape index (κ3) is 2.25. The van der Waals surface area contributed by atoms with Gasteiger partial charge in [0.2, 0.25) is 0 Å². The highest BCUT2D eigenvalue weighted by atomic mass is 79.9. The molecule has 0 saturated heterocycles. The Morgan fingerprint density at radius 3 is 2.79 bits per heavy atom. The second kappa shape index (κ2) is 4.45. The maximum atomic E-state index is 10.5. The van der Waals surface area contributed by atoms with Gasteiger partial charge in [-0.05, 0) is 27.6 Å². The van der Waals surface area contributed by atoms with E-state index in [2.05, 4.69) is 15.9 Å². The molecule has 0 aliphatic carbocycles. The number of carboxylic acids is 1. The van der Waals surface area contributed by atoms with E-state index in [1.165, 1.54) is 6.07 Å². The summed E-state index contributed by atoms with van der Waals surface area (Å²) in [6.07, 6.45) is -0.119. The molecular weight excluding hydrogens is 269 g/mol. The maximum absolute atomic E-state index is 10.5. The lowest BCUT2D eigenvalue weighted by atomic mass is 10.1. The number of halogens is 2. The maximum Gasteiger partial charge on any atom is 0.307 e. The van der Waals surface area contributed by atoms with Crippen molar-refractivity contribution in [3.05, 3.63) is 32.8 Å². The lowest BCUT2D eigenvalue weighted by Gasteiger charge is -2.04. The van der Waals surface area contributed by atoms with Gasteiger partial charge in [0, 0.05) is 4.47 Å². The fraction of sp³-hybridized carbons (Fsp3) is 0.111. The molecule has 0 spiro atoms. The number of aliphatic carboxylic acids is 1. The van der Waals surface area contributed by atoms with Crippen molar-refractivity contribution in [1.82, 2.24) is 0 Å². The van der Waals surface area contributed by atoms with Crippen LogP contribution in [-0.4, -0.2) is 11.1 Å². The first-order valence-corrected chi connectivity index (χ1v) is 4.82. The minimum absolute atomic E-state index is 0.119. The summed E-state index contributed by atoms with van der Waals surface area (Å²) in [5.41, 5.74) is 0.884. The Bertz CT molecular complexity index is 426. The minimum atomic E-state index is -0.938. The zero-order valence-corrected chi connectivity index (χ0v) is 9.26. The molecule has 5 heteroatoms. The normalized spacial score (nSPS) is 9.50. The number of carboxylic acid groups (broad SMARTS) is 1. The average molecular weight is 275 g/mol. The van der Waals surface area contributed by atoms with Gasteiger partial charge in [-0.15, -0.1) is 0 Å². The van der Waals surface area contributed by atoms with Gasteiger partial charge >= 0.3 is 5.97 Å². The van der Waals surface area contributed by atoms with Crippen LogP contribution in [0.15, 0.2) is 16.6 Å². The van der Waals surface area contributed by atoms with Gasteiger partial charge in [0.25, 0.3) is 0 Å². The van der Waals surface area contributed by atoms with Crippen LogP contribution in [-0.2, 0) is 11.2 Å². The predicted molar refractivity (Wildman–Crippen MR) is 55.2 cm³/mol. The predicted octanol–water partition coefficient (Wildman–Crippen LogP) is 2.60. The Hall–Kier alpha value is -1.05. The molecule has 1 aromatic carbocycles. The molecule has 0 bridgehead atoms. The number of hydrogen-bond acceptors (Lipinski definition) is 2. The molecule has 0 radical (unpaired) electrons. The van der Waals surface area contributed by atoms with Crippen molar-refractivity contribution in [2.45, 2.75) is 6.42 Å². The Balaban J connectivity index is 3.18. The van der Waals surface area contributed by atoms with E-state index in [-0.39, 0.29) is 11.4 Å². The molecule has 1 rings (SSSR count). The molecule has 14 heavy (non-hydrogen) atoms. The van der Waals surface area contributed by atoms with E-state index in [0.717, 1.165) is 0 Å². The largest absolute Gasteiger partial charge is 0.481 e. The van der Waals surface area contributed by atoms with Gasteiger partial charge in [-0.1, -0.05) is 17.7 Å². The Kier molecular flexibility index (Phi) is 3.50. The Morgan fingerprint density at radius 1 is 1.64 bits per heavy atom. The first kappa shape index (κ1) is 11.0. The highest BCUT2D eigenvalue weighted by molar-refractivity contribution is 9.10. The van der Waals surface area contributed by atoms with E-state index < -0.39 is 5.97 Å². The molecule has 1 aromatic rings. The van der Waals surface area contributed by atoms with Crippen molar-refractivity contribution < 1.29 is 9.90 Å². The van der Waals surface area contributed by atoms with Gasteiger partial charge in [0.1, 0.15) is 6.07 Å². The van der Waals surface area contributed by atoms with Crippen LogP contribution in [0.5, 0.6) is 0 Å². The molecule has 72 valence electrons. The van der Waals surface area contributed by atoms with Crippen LogP contribution in [0, 0.1) is 11.3 Å². The zero-order valence-electron chi connectivity index (χ0n) is 6.92. The van der Waals surface area contributed by atoms with Crippen LogP contribution in [0.3, 0.4) is 0 Å². The molecule has 0 atom stereocenters. The van der Waals surface area contributed by atoms with Crippen molar-refractivity contribution in [3.63, 3.8) is 0 Å². The standard InChI is InChI=1S/C9H5BrClNO2/c10-8-5(3-7(13)14)1-2-6(4-12)9(8)11/h1-2H,3H2,(H,13,14). The van der Waals surface area contributed by atoms with Crippen LogP contribution in [0.4, 0.5) is 0 Å². The molecule has 0 unspecified atom stereocenters. The molecule has 0 heterocycles. The molecule has 0 amide bonds. The van der Waals surface area contributed by atoms with Crippen molar-refractivity contribution in [3.8, 4) is 6.07 Å². The first-order valence-electron chi connectivity index (χ1n) is 3.65. The molecule has 0 saturated carbocycles. The molecule has 3 nitrogen and oxygen atoms in total. The minimum Gasteiger partial charge on any atom is -0.481 e. The van der Waals surface area contributed by atoms with Crippen LogP contribution in [0.2, 0.25) is 5.02 Å². The van der Waals surface area contributed by atoms with Gasteiger partial charge in [-0.25, -0.2) is 0 Å². The summed E-state index contributed by atoms with van der Waals surface area (Å²) in [5.74, 6) is -0.938. The highest BCUT2D eigenvalue weighted by Crippen LogP contribution is 2.29. The van der Waals surface area contributed by atoms with Crippen molar-refractivity contribution in [1.29, 1.82) is 5.26 Å². The fourth-order valence-electron chi connectivity index (χ4n) is 0.975. The van der Waals surface area contributed by atoms with E-state index in [0.29, 0.717) is 15.6 Å². The molecular formula is C9H5BrClNO2. The van der Waals surface area contributed by atoms with Crippen molar-refractivity contribution >= 4 is 33.5 Å². The summed E-state index contributed by atoms with van der Waals surface area (Å²) in [6, 6.07) is 4.98. The van der Waals surface area contributed by atoms with E-state index in [1.54, 1.807) is 6.07 Å². The number of hydrogen-bond donors (Lipinski definition) is 1. The van der Waals surface area contributed by atoms with Crippen LogP contribution in [0.25, 0.3) is 0 Å².